The molecule has 0 spiro atoms. The molecule has 10 heteroatoms. The quantitative estimate of drug-likeness (QED) is 0.164. The number of aliphatic hydroxyl groups is 6. The first-order chi connectivity index (χ1) is 23.7. The summed E-state index contributed by atoms with van der Waals surface area (Å²) < 4.78 is 10.4. The Kier molecular flexibility index (Phi) is 11.0. The van der Waals surface area contributed by atoms with E-state index in [2.05, 4.69) is 48.5 Å². The van der Waals surface area contributed by atoms with Gasteiger partial charge in [-0.25, -0.2) is 4.79 Å². The minimum Gasteiger partial charge on any atom is -0.479 e. The van der Waals surface area contributed by atoms with E-state index in [9.17, 15) is 40.5 Å². The van der Waals surface area contributed by atoms with Gasteiger partial charge in [-0.1, -0.05) is 54.9 Å². The van der Waals surface area contributed by atoms with E-state index in [0.717, 1.165) is 24.2 Å². The van der Waals surface area contributed by atoms with Gasteiger partial charge in [0.25, 0.3) is 0 Å². The molecule has 5 saturated carbocycles. The number of ether oxygens (including phenoxy) is 2. The van der Waals surface area contributed by atoms with Gasteiger partial charge in [0.05, 0.1) is 12.7 Å². The summed E-state index contributed by atoms with van der Waals surface area (Å²) in [5.74, 6) is 2.38. The number of carboxylic acids is 1. The van der Waals surface area contributed by atoms with Crippen LogP contribution in [0.5, 0.6) is 0 Å². The van der Waals surface area contributed by atoms with Gasteiger partial charge in [0.2, 0.25) is 0 Å². The van der Waals surface area contributed by atoms with Gasteiger partial charge in [-0.3, -0.25) is 0 Å². The molecule has 10 nitrogen and oxygen atoms in total. The Hall–Kier alpha value is -0.850. The van der Waals surface area contributed by atoms with Crippen LogP contribution in [0.3, 0.4) is 0 Å². The van der Waals surface area contributed by atoms with Crippen LogP contribution in [-0.4, -0.2) is 97.3 Å². The molecule has 6 fully saturated rings. The predicted octanol–water partition coefficient (Wildman–Crippen LogP) is 4.89. The van der Waals surface area contributed by atoms with Crippen LogP contribution < -0.4 is 0 Å². The molecule has 5 aliphatic carbocycles. The van der Waals surface area contributed by atoms with E-state index >= 15 is 0 Å². The Bertz CT molecular complexity index is 1260. The number of carbonyl (C=O) groups is 1. The van der Waals surface area contributed by atoms with E-state index in [0.29, 0.717) is 51.2 Å². The number of carboxylic acid groups (broad SMARTS) is 1. The summed E-state index contributed by atoms with van der Waals surface area (Å²) >= 11 is 0. The Balaban J connectivity index is 1.05. The van der Waals surface area contributed by atoms with Gasteiger partial charge >= 0.3 is 5.97 Å². The first-order valence-electron chi connectivity index (χ1n) is 20.3. The molecule has 0 aromatic rings. The molecule has 0 bridgehead atoms. The standard InChI is InChI=1S/C41H70O10/c1-22(9-10-25(42)30(44)26(43)21-50-36-33(47)31(45)32(46)34(51-36)35(48)49)23-13-18-38(4)24(23)14-19-40(6)28(38)11-12-29-39(5)17-8-16-37(2,3)27(39)15-20-41(29,40)7/h22-34,36,42-47H,8-21H2,1-7H3,(H,48,49)/t22?,23?,24?,25-,26+,27?,28?,29?,30-,31+,32-,33-,34+,36-,38+,39+,40-,41-/m1/s1. The van der Waals surface area contributed by atoms with Gasteiger partial charge in [-0.05, 0) is 140 Å². The highest BCUT2D eigenvalue weighted by atomic mass is 16.7. The van der Waals surface area contributed by atoms with E-state index in [1.165, 1.54) is 70.6 Å². The molecule has 6 unspecified atom stereocenters. The van der Waals surface area contributed by atoms with Crippen LogP contribution >= 0.6 is 0 Å². The number of aliphatic hydroxyl groups excluding tert-OH is 6. The molecule has 294 valence electrons. The van der Waals surface area contributed by atoms with Crippen molar-refractivity contribution in [1.82, 2.24) is 0 Å². The zero-order valence-electron chi connectivity index (χ0n) is 32.3. The minimum absolute atomic E-state index is 0.310. The van der Waals surface area contributed by atoms with E-state index in [4.69, 9.17) is 9.47 Å². The number of hydrogen-bond acceptors (Lipinski definition) is 9. The molecule has 1 saturated heterocycles. The van der Waals surface area contributed by atoms with Crippen molar-refractivity contribution in [3.63, 3.8) is 0 Å². The lowest BCUT2D eigenvalue weighted by molar-refractivity contribution is -0.299. The lowest BCUT2D eigenvalue weighted by atomic mass is 9.32. The van der Waals surface area contributed by atoms with E-state index in [1.54, 1.807) is 0 Å². The number of aliphatic carboxylic acids is 1. The third kappa shape index (κ3) is 6.35. The van der Waals surface area contributed by atoms with Crippen molar-refractivity contribution < 1.29 is 50.0 Å². The van der Waals surface area contributed by atoms with Gasteiger partial charge in [-0.2, -0.15) is 0 Å². The fourth-order valence-corrected chi connectivity index (χ4v) is 14.6. The largest absolute Gasteiger partial charge is 0.479 e. The summed E-state index contributed by atoms with van der Waals surface area (Å²) in [6.07, 6.45) is 2.42. The van der Waals surface area contributed by atoms with Crippen molar-refractivity contribution in [2.24, 2.45) is 62.6 Å². The molecular weight excluding hydrogens is 652 g/mol. The van der Waals surface area contributed by atoms with Crippen molar-refractivity contribution in [2.75, 3.05) is 6.61 Å². The molecule has 1 aliphatic heterocycles. The number of rotatable bonds is 10. The van der Waals surface area contributed by atoms with E-state index in [-0.39, 0.29) is 0 Å². The molecule has 6 rings (SSSR count). The fraction of sp³-hybridized carbons (Fsp3) is 0.976. The van der Waals surface area contributed by atoms with Gasteiger partial charge < -0.3 is 45.2 Å². The van der Waals surface area contributed by atoms with Crippen molar-refractivity contribution in [3.05, 3.63) is 0 Å². The van der Waals surface area contributed by atoms with E-state index in [1.807, 2.05) is 0 Å². The average Bonchev–Trinajstić information content (AvgIpc) is 3.41. The maximum absolute atomic E-state index is 11.4. The zero-order chi connectivity index (χ0) is 37.5. The molecule has 0 amide bonds. The maximum atomic E-state index is 11.4. The molecule has 0 radical (unpaired) electrons. The number of hydrogen-bond donors (Lipinski definition) is 7. The first kappa shape index (κ1) is 39.8. The predicted molar refractivity (Wildman–Crippen MR) is 191 cm³/mol. The van der Waals surface area contributed by atoms with Crippen molar-refractivity contribution >= 4 is 5.97 Å². The summed E-state index contributed by atoms with van der Waals surface area (Å²) in [5.41, 5.74) is 1.91. The lowest BCUT2D eigenvalue weighted by Gasteiger charge is -2.73. The van der Waals surface area contributed by atoms with E-state index < -0.39 is 61.6 Å². The summed E-state index contributed by atoms with van der Waals surface area (Å²) in [5, 5.41) is 71.6. The Morgan fingerprint density at radius 3 is 2.00 bits per heavy atom. The monoisotopic (exact) mass is 722 g/mol. The Labute approximate surface area is 305 Å². The number of fused-ring (bicyclic) bond motifs is 7. The lowest BCUT2D eigenvalue weighted by Crippen LogP contribution is -2.65. The highest BCUT2D eigenvalue weighted by Crippen LogP contribution is 2.78. The molecule has 0 aromatic heterocycles. The van der Waals surface area contributed by atoms with Crippen LogP contribution in [-0.2, 0) is 14.3 Å². The molecule has 6 aliphatic rings. The second-order valence-corrected chi connectivity index (χ2v) is 20.1. The van der Waals surface area contributed by atoms with Crippen LogP contribution in [0.4, 0.5) is 0 Å². The second kappa shape index (κ2) is 14.0. The summed E-state index contributed by atoms with van der Waals surface area (Å²) in [6, 6.07) is 0. The molecule has 7 N–H and O–H groups in total. The van der Waals surface area contributed by atoms with Crippen molar-refractivity contribution in [2.45, 2.75) is 181 Å². The molecule has 51 heavy (non-hydrogen) atoms. The van der Waals surface area contributed by atoms with Crippen molar-refractivity contribution in [1.29, 1.82) is 0 Å². The SMILES string of the molecule is CC(CC[C@@H](O)[C@@H](O)[C@@H](O)CO[C@@H]1O[C@H](C(=O)O)[C@H](O)[C@H](O)[C@H]1O)C1CC[C@@]2(C)C1CC[C@]1(C)C2CCC2[C@@]3(C)CCCC(C)(C)C3CC[C@]21C. The molecule has 18 atom stereocenters. The third-order valence-electron chi connectivity index (χ3n) is 17.4. The molecule has 0 aromatic carbocycles. The van der Waals surface area contributed by atoms with Gasteiger partial charge in [0.15, 0.2) is 12.4 Å². The summed E-state index contributed by atoms with van der Waals surface area (Å²) in [4.78, 5) is 11.4. The topological polar surface area (TPSA) is 177 Å². The highest BCUT2D eigenvalue weighted by molar-refractivity contribution is 5.73. The van der Waals surface area contributed by atoms with Crippen LogP contribution in [0.1, 0.15) is 132 Å². The zero-order valence-corrected chi connectivity index (χ0v) is 32.3. The maximum Gasteiger partial charge on any atom is 0.335 e. The molecular formula is C41H70O10. The van der Waals surface area contributed by atoms with Crippen LogP contribution in [0.15, 0.2) is 0 Å². The third-order valence-corrected chi connectivity index (χ3v) is 17.4. The summed E-state index contributed by atoms with van der Waals surface area (Å²) in [6.45, 7) is 17.5. The Morgan fingerprint density at radius 2 is 1.35 bits per heavy atom. The normalized spacial score (nSPS) is 50.1. The average molecular weight is 723 g/mol. The van der Waals surface area contributed by atoms with Gasteiger partial charge in [0, 0.05) is 0 Å². The van der Waals surface area contributed by atoms with Crippen LogP contribution in [0.25, 0.3) is 0 Å². The first-order valence-corrected chi connectivity index (χ1v) is 20.3. The minimum atomic E-state index is -1.86. The fourth-order valence-electron chi connectivity index (χ4n) is 14.6. The van der Waals surface area contributed by atoms with Crippen LogP contribution in [0, 0.1) is 62.6 Å². The van der Waals surface area contributed by atoms with Gasteiger partial charge in [-0.15, -0.1) is 0 Å². The highest BCUT2D eigenvalue weighted by Gasteiger charge is 2.70. The van der Waals surface area contributed by atoms with Gasteiger partial charge in [0.1, 0.15) is 30.5 Å². The smallest absolute Gasteiger partial charge is 0.335 e. The second-order valence-electron chi connectivity index (χ2n) is 20.1. The molecule has 1 heterocycles. The van der Waals surface area contributed by atoms with Crippen molar-refractivity contribution in [3.8, 4) is 0 Å². The van der Waals surface area contributed by atoms with Crippen LogP contribution in [0.2, 0.25) is 0 Å². The Morgan fingerprint density at radius 1 is 0.725 bits per heavy atom. The summed E-state index contributed by atoms with van der Waals surface area (Å²) in [7, 11) is 0.